The van der Waals surface area contributed by atoms with E-state index in [-0.39, 0.29) is 11.7 Å². The molecule has 1 saturated heterocycles. The lowest BCUT2D eigenvalue weighted by Crippen LogP contribution is -2.36. The first kappa shape index (κ1) is 23.7. The summed E-state index contributed by atoms with van der Waals surface area (Å²) >= 11 is 0. The van der Waals surface area contributed by atoms with E-state index >= 15 is 0 Å². The number of carbonyl (C=O) groups excluding carboxylic acids is 2. The molecule has 0 aliphatic carbocycles. The van der Waals surface area contributed by atoms with Crippen LogP contribution in [0.1, 0.15) is 78.1 Å². The Morgan fingerprint density at radius 1 is 1.00 bits per heavy atom. The minimum atomic E-state index is 0.185. The summed E-state index contributed by atoms with van der Waals surface area (Å²) < 4.78 is 0. The molecule has 2 heterocycles. The van der Waals surface area contributed by atoms with Crippen molar-refractivity contribution in [2.45, 2.75) is 71.9 Å². The van der Waals surface area contributed by atoms with Gasteiger partial charge < -0.3 is 4.90 Å². The number of hydrogen-bond acceptors (Lipinski definition) is 3. The molecule has 33 heavy (non-hydrogen) atoms. The molecule has 0 radical (unpaired) electrons. The third-order valence-corrected chi connectivity index (χ3v) is 7.57. The zero-order valence-corrected chi connectivity index (χ0v) is 20.3. The summed E-state index contributed by atoms with van der Waals surface area (Å²) in [5.41, 5.74) is 6.33. The number of fused-ring (bicyclic) bond motifs is 1. The normalized spacial score (nSPS) is 17.5. The fourth-order valence-corrected chi connectivity index (χ4v) is 5.40. The number of hydrogen-bond donors (Lipinski definition) is 0. The molecule has 4 nitrogen and oxygen atoms in total. The molecular weight excluding hydrogens is 408 g/mol. The lowest BCUT2D eigenvalue weighted by Gasteiger charge is -2.31. The quantitative estimate of drug-likeness (QED) is 0.523. The first-order valence-corrected chi connectivity index (χ1v) is 12.7. The van der Waals surface area contributed by atoms with Crippen molar-refractivity contribution < 1.29 is 9.59 Å². The predicted octanol–water partition coefficient (Wildman–Crippen LogP) is 5.55. The van der Waals surface area contributed by atoms with E-state index in [1.54, 1.807) is 6.92 Å². The zero-order valence-electron chi connectivity index (χ0n) is 20.3. The Labute approximate surface area is 199 Å². The van der Waals surface area contributed by atoms with Gasteiger partial charge in [0, 0.05) is 45.1 Å². The van der Waals surface area contributed by atoms with Crippen molar-refractivity contribution in [3.8, 4) is 0 Å². The molecule has 2 aromatic rings. The minimum absolute atomic E-state index is 0.185. The highest BCUT2D eigenvalue weighted by atomic mass is 16.2. The Morgan fingerprint density at radius 2 is 1.79 bits per heavy atom. The molecule has 0 aromatic heterocycles. The van der Waals surface area contributed by atoms with Crippen molar-refractivity contribution >= 4 is 11.7 Å². The monoisotopic (exact) mass is 446 g/mol. The molecule has 0 N–H and O–H groups in total. The number of likely N-dealkylation sites (tertiary alicyclic amines) is 1. The van der Waals surface area contributed by atoms with Gasteiger partial charge >= 0.3 is 0 Å². The Morgan fingerprint density at radius 3 is 2.55 bits per heavy atom. The van der Waals surface area contributed by atoms with Crippen LogP contribution in [0.25, 0.3) is 0 Å². The molecule has 1 fully saturated rings. The SMILES string of the molecule is CC(=O)N1CCC(CCCC(=O)c2ccc3c(c2)CN(Cc2ccccc2C)CCC3)CC1. The second kappa shape index (κ2) is 11.1. The number of carbonyl (C=O) groups is 2. The van der Waals surface area contributed by atoms with E-state index in [1.165, 1.54) is 22.3 Å². The van der Waals surface area contributed by atoms with E-state index in [0.29, 0.717) is 12.3 Å². The second-order valence-electron chi connectivity index (χ2n) is 9.99. The standard InChI is InChI=1S/C29H38N2O2/c1-22-7-3-4-9-27(22)20-30-16-6-10-25-12-13-26(19-28(25)21-30)29(33)11-5-8-24-14-17-31(18-15-24)23(2)32/h3-4,7,9,12-13,19,24H,5-6,8,10-11,14-18,20-21H2,1-2H3. The smallest absolute Gasteiger partial charge is 0.219 e. The van der Waals surface area contributed by atoms with Crippen LogP contribution in [0, 0.1) is 12.8 Å². The predicted molar refractivity (Wildman–Crippen MR) is 133 cm³/mol. The van der Waals surface area contributed by atoms with E-state index < -0.39 is 0 Å². The van der Waals surface area contributed by atoms with Crippen LogP contribution < -0.4 is 0 Å². The third-order valence-electron chi connectivity index (χ3n) is 7.57. The number of ketones is 1. The number of aryl methyl sites for hydroxylation is 2. The van der Waals surface area contributed by atoms with Gasteiger partial charge in [-0.2, -0.15) is 0 Å². The van der Waals surface area contributed by atoms with E-state index in [9.17, 15) is 9.59 Å². The van der Waals surface area contributed by atoms with Crippen molar-refractivity contribution in [1.82, 2.24) is 9.80 Å². The van der Waals surface area contributed by atoms with Gasteiger partial charge in [0.15, 0.2) is 5.78 Å². The molecule has 0 atom stereocenters. The third kappa shape index (κ3) is 6.32. The average Bonchev–Trinajstić information content (AvgIpc) is 3.02. The number of piperidine rings is 1. The molecule has 0 spiro atoms. The van der Waals surface area contributed by atoms with Crippen molar-refractivity contribution in [3.05, 3.63) is 70.3 Å². The van der Waals surface area contributed by atoms with E-state index in [0.717, 1.165) is 76.8 Å². The Balaban J connectivity index is 1.31. The summed E-state index contributed by atoms with van der Waals surface area (Å²) in [5, 5.41) is 0. The first-order valence-electron chi connectivity index (χ1n) is 12.7. The molecule has 2 aliphatic heterocycles. The van der Waals surface area contributed by atoms with Gasteiger partial charge in [-0.1, -0.05) is 36.4 Å². The van der Waals surface area contributed by atoms with Crippen LogP contribution in [-0.4, -0.2) is 41.1 Å². The zero-order chi connectivity index (χ0) is 23.2. The first-order chi connectivity index (χ1) is 16.0. The molecule has 176 valence electrons. The maximum atomic E-state index is 13.0. The van der Waals surface area contributed by atoms with Crippen LogP contribution in [0.2, 0.25) is 0 Å². The topological polar surface area (TPSA) is 40.6 Å². The van der Waals surface area contributed by atoms with Crippen molar-refractivity contribution in [1.29, 1.82) is 0 Å². The number of nitrogens with zero attached hydrogens (tertiary/aromatic N) is 2. The molecule has 0 bridgehead atoms. The Bertz CT molecular complexity index is 975. The molecule has 0 unspecified atom stereocenters. The largest absolute Gasteiger partial charge is 0.343 e. The lowest BCUT2D eigenvalue weighted by molar-refractivity contribution is -0.130. The van der Waals surface area contributed by atoms with Gasteiger partial charge in [-0.25, -0.2) is 0 Å². The van der Waals surface area contributed by atoms with Crippen LogP contribution >= 0.6 is 0 Å². The van der Waals surface area contributed by atoms with Crippen LogP contribution in [0.15, 0.2) is 42.5 Å². The molecule has 4 rings (SSSR count). The van der Waals surface area contributed by atoms with Gasteiger partial charge in [-0.15, -0.1) is 0 Å². The van der Waals surface area contributed by atoms with Gasteiger partial charge in [0.05, 0.1) is 0 Å². The summed E-state index contributed by atoms with van der Waals surface area (Å²) in [5.74, 6) is 1.11. The van der Waals surface area contributed by atoms with E-state index in [1.807, 2.05) is 11.0 Å². The number of Topliss-reactive ketones (excluding diaryl/α,β-unsaturated/α-hetero) is 1. The van der Waals surface area contributed by atoms with E-state index in [2.05, 4.69) is 48.2 Å². The maximum absolute atomic E-state index is 13.0. The molecule has 0 saturated carbocycles. The number of rotatable bonds is 7. The van der Waals surface area contributed by atoms with Crippen molar-refractivity contribution in [2.75, 3.05) is 19.6 Å². The highest BCUT2D eigenvalue weighted by Gasteiger charge is 2.21. The van der Waals surface area contributed by atoms with Crippen LogP contribution in [0.5, 0.6) is 0 Å². The van der Waals surface area contributed by atoms with Gasteiger partial charge in [-0.3, -0.25) is 14.5 Å². The second-order valence-corrected chi connectivity index (χ2v) is 9.99. The summed E-state index contributed by atoms with van der Waals surface area (Å²) in [6.45, 7) is 8.56. The van der Waals surface area contributed by atoms with Crippen molar-refractivity contribution in [3.63, 3.8) is 0 Å². The summed E-state index contributed by atoms with van der Waals surface area (Å²) in [6, 6.07) is 15.0. The maximum Gasteiger partial charge on any atom is 0.219 e. The fourth-order valence-electron chi connectivity index (χ4n) is 5.40. The molecule has 2 aliphatic rings. The molecule has 2 aromatic carbocycles. The van der Waals surface area contributed by atoms with Gasteiger partial charge in [0.25, 0.3) is 0 Å². The minimum Gasteiger partial charge on any atom is -0.343 e. The Kier molecular flexibility index (Phi) is 7.97. The average molecular weight is 447 g/mol. The van der Waals surface area contributed by atoms with Gasteiger partial charge in [0.2, 0.25) is 5.91 Å². The van der Waals surface area contributed by atoms with Crippen LogP contribution in [-0.2, 0) is 24.3 Å². The highest BCUT2D eigenvalue weighted by molar-refractivity contribution is 5.96. The summed E-state index contributed by atoms with van der Waals surface area (Å²) in [7, 11) is 0. The van der Waals surface area contributed by atoms with Gasteiger partial charge in [0.1, 0.15) is 0 Å². The highest BCUT2D eigenvalue weighted by Crippen LogP contribution is 2.25. The van der Waals surface area contributed by atoms with Gasteiger partial charge in [-0.05, 0) is 86.2 Å². The van der Waals surface area contributed by atoms with Crippen LogP contribution in [0.4, 0.5) is 0 Å². The van der Waals surface area contributed by atoms with E-state index in [4.69, 9.17) is 0 Å². The Hall–Kier alpha value is -2.46. The lowest BCUT2D eigenvalue weighted by atomic mass is 9.90. The summed E-state index contributed by atoms with van der Waals surface area (Å²) in [6.07, 6.45) is 7.06. The number of amides is 1. The fraction of sp³-hybridized carbons (Fsp3) is 0.517. The van der Waals surface area contributed by atoms with Crippen LogP contribution in [0.3, 0.4) is 0 Å². The number of benzene rings is 2. The summed E-state index contributed by atoms with van der Waals surface area (Å²) in [4.78, 5) is 28.9. The molecule has 4 heteroatoms. The molecule has 1 amide bonds. The van der Waals surface area contributed by atoms with Crippen molar-refractivity contribution in [2.24, 2.45) is 5.92 Å². The molecular formula is C29H38N2O2.